The maximum atomic E-state index is 12.6. The van der Waals surface area contributed by atoms with E-state index < -0.39 is 17.9 Å². The van der Waals surface area contributed by atoms with Gasteiger partial charge in [-0.1, -0.05) is 18.2 Å². The van der Waals surface area contributed by atoms with E-state index in [9.17, 15) is 14.7 Å². The Hall–Kier alpha value is -3.61. The average Bonchev–Trinajstić information content (AvgIpc) is 3.27. The lowest BCUT2D eigenvalue weighted by Crippen LogP contribution is -2.42. The molecule has 1 atom stereocenters. The summed E-state index contributed by atoms with van der Waals surface area (Å²) in [5, 5.41) is 17.1. The van der Waals surface area contributed by atoms with E-state index in [2.05, 4.69) is 10.4 Å². The molecule has 7 heteroatoms. The number of carboxylic acid groups (broad SMARTS) is 1. The van der Waals surface area contributed by atoms with E-state index in [0.29, 0.717) is 16.7 Å². The lowest BCUT2D eigenvalue weighted by molar-refractivity contribution is -0.139. The Morgan fingerprint density at radius 2 is 2.04 bits per heavy atom. The Labute approximate surface area is 147 Å². The number of fused-ring (bicyclic) bond motifs is 2. The van der Waals surface area contributed by atoms with Gasteiger partial charge in [-0.05, 0) is 24.3 Å². The van der Waals surface area contributed by atoms with Crippen molar-refractivity contribution in [3.8, 4) is 0 Å². The average molecular weight is 349 g/mol. The second-order valence-electron chi connectivity index (χ2n) is 5.91. The van der Waals surface area contributed by atoms with Crippen LogP contribution in [-0.2, 0) is 11.2 Å². The predicted octanol–water partition coefficient (Wildman–Crippen LogP) is 2.51. The number of carboxylic acids is 1. The first-order valence-electron chi connectivity index (χ1n) is 8.04. The van der Waals surface area contributed by atoms with Crippen LogP contribution in [0.4, 0.5) is 0 Å². The number of carbonyl (C=O) groups is 2. The second kappa shape index (κ2) is 6.36. The fraction of sp³-hybridized carbons (Fsp3) is 0.105. The van der Waals surface area contributed by atoms with Gasteiger partial charge in [-0.3, -0.25) is 4.79 Å². The number of aliphatic carboxylic acids is 1. The number of hydrogen-bond donors (Lipinski definition) is 2. The number of aromatic nitrogens is 2. The molecule has 4 aromatic rings. The predicted molar refractivity (Wildman–Crippen MR) is 94.0 cm³/mol. The molecule has 0 saturated carbocycles. The normalized spacial score (nSPS) is 12.3. The Morgan fingerprint density at radius 1 is 1.19 bits per heavy atom. The van der Waals surface area contributed by atoms with Crippen LogP contribution in [0.5, 0.6) is 0 Å². The van der Waals surface area contributed by atoms with Gasteiger partial charge in [-0.25, -0.2) is 9.31 Å². The second-order valence-corrected chi connectivity index (χ2v) is 5.91. The summed E-state index contributed by atoms with van der Waals surface area (Å²) >= 11 is 0. The van der Waals surface area contributed by atoms with Gasteiger partial charge in [-0.2, -0.15) is 5.10 Å². The third-order valence-corrected chi connectivity index (χ3v) is 4.27. The summed E-state index contributed by atoms with van der Waals surface area (Å²) in [4.78, 5) is 24.3. The van der Waals surface area contributed by atoms with Gasteiger partial charge in [0, 0.05) is 23.6 Å². The van der Waals surface area contributed by atoms with Crippen LogP contribution in [0.1, 0.15) is 15.9 Å². The minimum Gasteiger partial charge on any atom is -0.480 e. The number of rotatable bonds is 5. The summed E-state index contributed by atoms with van der Waals surface area (Å²) in [5.74, 6) is -1.57. The van der Waals surface area contributed by atoms with Crippen molar-refractivity contribution in [2.24, 2.45) is 0 Å². The van der Waals surface area contributed by atoms with Gasteiger partial charge in [0.05, 0.1) is 23.5 Å². The number of carbonyl (C=O) groups excluding carboxylic acids is 1. The van der Waals surface area contributed by atoms with Crippen LogP contribution in [0.25, 0.3) is 16.5 Å². The van der Waals surface area contributed by atoms with Crippen LogP contribution in [0.2, 0.25) is 0 Å². The number of amides is 1. The summed E-state index contributed by atoms with van der Waals surface area (Å²) in [6.45, 7) is 0. The molecule has 3 aromatic heterocycles. The molecular weight excluding hydrogens is 334 g/mol. The van der Waals surface area contributed by atoms with E-state index in [0.717, 1.165) is 10.9 Å². The first kappa shape index (κ1) is 15.9. The zero-order chi connectivity index (χ0) is 18.1. The summed E-state index contributed by atoms with van der Waals surface area (Å²) < 4.78 is 7.01. The fourth-order valence-electron chi connectivity index (χ4n) is 2.99. The Bertz CT molecular complexity index is 1110. The van der Waals surface area contributed by atoms with E-state index in [4.69, 9.17) is 4.42 Å². The van der Waals surface area contributed by atoms with Crippen molar-refractivity contribution in [2.75, 3.05) is 0 Å². The molecule has 0 fully saturated rings. The first-order valence-corrected chi connectivity index (χ1v) is 8.04. The molecule has 0 aliphatic carbocycles. The van der Waals surface area contributed by atoms with Crippen LogP contribution in [0.3, 0.4) is 0 Å². The third kappa shape index (κ3) is 2.79. The van der Waals surface area contributed by atoms with Gasteiger partial charge < -0.3 is 14.8 Å². The van der Waals surface area contributed by atoms with Crippen molar-refractivity contribution in [3.05, 3.63) is 72.2 Å². The van der Waals surface area contributed by atoms with Crippen molar-refractivity contribution in [2.45, 2.75) is 12.5 Å². The standard InChI is InChI=1S/C19H15N3O4/c23-18(14-5-3-9-22-16(14)7-8-20-22)21-15(19(24)25)10-12-11-26-17-6-2-1-4-13(12)17/h1-9,11,15H,10H2,(H,21,23)(H,24,25). The van der Waals surface area contributed by atoms with Crippen LogP contribution >= 0.6 is 0 Å². The highest BCUT2D eigenvalue weighted by atomic mass is 16.4. The first-order chi connectivity index (χ1) is 12.6. The molecule has 0 aliphatic rings. The van der Waals surface area contributed by atoms with Crippen LogP contribution in [-0.4, -0.2) is 32.6 Å². The minimum atomic E-state index is -1.11. The molecule has 0 spiro atoms. The lowest BCUT2D eigenvalue weighted by atomic mass is 10.0. The molecular formula is C19H15N3O4. The van der Waals surface area contributed by atoms with Crippen molar-refractivity contribution in [1.29, 1.82) is 0 Å². The van der Waals surface area contributed by atoms with Crippen molar-refractivity contribution >= 4 is 28.4 Å². The molecule has 0 aliphatic heterocycles. The van der Waals surface area contributed by atoms with E-state index in [1.54, 1.807) is 35.1 Å². The number of para-hydroxylation sites is 1. The molecule has 0 radical (unpaired) electrons. The fourth-order valence-corrected chi connectivity index (χ4v) is 2.99. The monoisotopic (exact) mass is 349 g/mol. The molecule has 2 N–H and O–H groups in total. The molecule has 0 saturated heterocycles. The SMILES string of the molecule is O=C(NC(Cc1coc2ccccc12)C(=O)O)c1cccn2nccc12. The van der Waals surface area contributed by atoms with E-state index in [1.165, 1.54) is 6.26 Å². The largest absolute Gasteiger partial charge is 0.480 e. The summed E-state index contributed by atoms with van der Waals surface area (Å²) in [6, 6.07) is 11.3. The number of nitrogens with one attached hydrogen (secondary N) is 1. The van der Waals surface area contributed by atoms with Gasteiger partial charge in [0.25, 0.3) is 5.91 Å². The number of benzene rings is 1. The van der Waals surface area contributed by atoms with Crippen molar-refractivity contribution < 1.29 is 19.1 Å². The maximum Gasteiger partial charge on any atom is 0.326 e. The van der Waals surface area contributed by atoms with E-state index >= 15 is 0 Å². The molecule has 1 aromatic carbocycles. The summed E-state index contributed by atoms with van der Waals surface area (Å²) in [5.41, 5.74) is 2.40. The molecule has 1 amide bonds. The van der Waals surface area contributed by atoms with Gasteiger partial charge in [-0.15, -0.1) is 0 Å². The van der Waals surface area contributed by atoms with Gasteiger partial charge in [0.2, 0.25) is 0 Å². The molecule has 4 rings (SSSR count). The zero-order valence-electron chi connectivity index (χ0n) is 13.6. The molecule has 1 unspecified atom stereocenters. The van der Waals surface area contributed by atoms with Crippen LogP contribution < -0.4 is 5.32 Å². The highest BCUT2D eigenvalue weighted by Gasteiger charge is 2.24. The molecule has 7 nitrogen and oxygen atoms in total. The Morgan fingerprint density at radius 3 is 2.88 bits per heavy atom. The van der Waals surface area contributed by atoms with E-state index in [1.807, 2.05) is 24.3 Å². The molecule has 3 heterocycles. The Balaban J connectivity index is 1.60. The van der Waals surface area contributed by atoms with E-state index in [-0.39, 0.29) is 6.42 Å². The smallest absolute Gasteiger partial charge is 0.326 e. The maximum absolute atomic E-state index is 12.6. The van der Waals surface area contributed by atoms with Gasteiger partial charge in [0.1, 0.15) is 11.6 Å². The summed E-state index contributed by atoms with van der Waals surface area (Å²) in [6.07, 6.45) is 4.96. The topological polar surface area (TPSA) is 96.8 Å². The highest BCUT2D eigenvalue weighted by molar-refractivity contribution is 6.02. The number of nitrogens with zero attached hydrogens (tertiary/aromatic N) is 2. The number of furan rings is 1. The van der Waals surface area contributed by atoms with Crippen LogP contribution in [0, 0.1) is 0 Å². The van der Waals surface area contributed by atoms with Gasteiger partial charge >= 0.3 is 5.97 Å². The molecule has 0 bridgehead atoms. The molecule has 26 heavy (non-hydrogen) atoms. The van der Waals surface area contributed by atoms with Gasteiger partial charge in [0.15, 0.2) is 0 Å². The number of hydrogen-bond acceptors (Lipinski definition) is 4. The summed E-state index contributed by atoms with van der Waals surface area (Å²) in [7, 11) is 0. The number of pyridine rings is 1. The zero-order valence-corrected chi connectivity index (χ0v) is 13.6. The Kier molecular flexibility index (Phi) is 3.89. The third-order valence-electron chi connectivity index (χ3n) is 4.27. The van der Waals surface area contributed by atoms with Crippen molar-refractivity contribution in [1.82, 2.24) is 14.9 Å². The minimum absolute atomic E-state index is 0.125. The molecule has 130 valence electrons. The van der Waals surface area contributed by atoms with Crippen LogP contribution in [0.15, 0.2) is 65.5 Å². The highest BCUT2D eigenvalue weighted by Crippen LogP contribution is 2.22. The van der Waals surface area contributed by atoms with Crippen molar-refractivity contribution in [3.63, 3.8) is 0 Å². The lowest BCUT2D eigenvalue weighted by Gasteiger charge is -2.14. The quantitative estimate of drug-likeness (QED) is 0.577.